The van der Waals surface area contributed by atoms with Gasteiger partial charge in [0.05, 0.1) is 11.0 Å². The lowest BCUT2D eigenvalue weighted by Crippen LogP contribution is -2.16. The molecule has 0 radical (unpaired) electrons. The molecule has 0 fully saturated rings. The summed E-state index contributed by atoms with van der Waals surface area (Å²) in [7, 11) is -3.11. The summed E-state index contributed by atoms with van der Waals surface area (Å²) in [4.78, 5) is 11.6. The molecular formula is C13H16N4O2S. The molecule has 0 amide bonds. The second kappa shape index (κ2) is 5.96. The second-order valence-electron chi connectivity index (χ2n) is 4.64. The Bertz CT molecular complexity index is 672. The Labute approximate surface area is 118 Å². The minimum Gasteiger partial charge on any atom is -0.324 e. The van der Waals surface area contributed by atoms with Gasteiger partial charge in [0.2, 0.25) is 5.95 Å². The van der Waals surface area contributed by atoms with Crippen molar-refractivity contribution >= 4 is 21.5 Å². The van der Waals surface area contributed by atoms with Crippen LogP contribution in [-0.4, -0.2) is 28.6 Å². The minimum atomic E-state index is -3.11. The molecule has 0 atom stereocenters. The van der Waals surface area contributed by atoms with Crippen molar-refractivity contribution in [2.75, 3.05) is 5.32 Å². The number of sulfone groups is 1. The number of rotatable bonds is 5. The van der Waals surface area contributed by atoms with Crippen molar-refractivity contribution in [1.29, 1.82) is 0 Å². The first-order valence-corrected chi connectivity index (χ1v) is 7.88. The fourth-order valence-corrected chi connectivity index (χ4v) is 2.55. The monoisotopic (exact) mass is 292 g/mol. The van der Waals surface area contributed by atoms with E-state index >= 15 is 0 Å². The van der Waals surface area contributed by atoms with Gasteiger partial charge in [0.1, 0.15) is 12.7 Å². The van der Waals surface area contributed by atoms with E-state index in [1.165, 1.54) is 12.7 Å². The molecule has 7 heteroatoms. The Hall–Kier alpha value is -2.02. The number of nitrogens with one attached hydrogen (secondary N) is 1. The van der Waals surface area contributed by atoms with E-state index in [-0.39, 0.29) is 11.0 Å². The van der Waals surface area contributed by atoms with E-state index in [1.54, 1.807) is 32.0 Å². The fourth-order valence-electron chi connectivity index (χ4n) is 1.57. The quantitative estimate of drug-likeness (QED) is 0.906. The smallest absolute Gasteiger partial charge is 0.230 e. The summed E-state index contributed by atoms with van der Waals surface area (Å²) in [6.07, 6.45) is 2.78. The molecule has 1 aromatic carbocycles. The highest BCUT2D eigenvalue weighted by atomic mass is 32.2. The number of benzene rings is 1. The molecule has 0 aliphatic carbocycles. The highest BCUT2D eigenvalue weighted by molar-refractivity contribution is 7.91. The standard InChI is InChI=1S/C13H16N4O2S/c1-10(2)20(18,19)7-11-4-3-5-12(6-11)17-13-15-8-14-9-16-13/h3-6,8-10H,7H2,1-2H3,(H,14,15,16,17). The van der Waals surface area contributed by atoms with Gasteiger partial charge in [-0.05, 0) is 31.5 Å². The number of aromatic nitrogens is 3. The Morgan fingerprint density at radius 3 is 2.55 bits per heavy atom. The number of anilines is 2. The average Bonchev–Trinajstić information content (AvgIpc) is 2.39. The van der Waals surface area contributed by atoms with Crippen LogP contribution in [0.5, 0.6) is 0 Å². The summed E-state index contributed by atoms with van der Waals surface area (Å²) in [5.41, 5.74) is 1.48. The summed E-state index contributed by atoms with van der Waals surface area (Å²) in [6, 6.07) is 7.20. The van der Waals surface area contributed by atoms with E-state index in [2.05, 4.69) is 20.3 Å². The predicted octanol–water partition coefficient (Wildman–Crippen LogP) is 1.94. The molecule has 0 spiro atoms. The van der Waals surface area contributed by atoms with Gasteiger partial charge in [0.25, 0.3) is 0 Å². The predicted molar refractivity (Wildman–Crippen MR) is 77.3 cm³/mol. The summed E-state index contributed by atoms with van der Waals surface area (Å²) in [6.45, 7) is 3.37. The van der Waals surface area contributed by atoms with E-state index in [9.17, 15) is 8.42 Å². The number of hydrogen-bond acceptors (Lipinski definition) is 6. The fraction of sp³-hybridized carbons (Fsp3) is 0.308. The Morgan fingerprint density at radius 2 is 1.90 bits per heavy atom. The Balaban J connectivity index is 2.17. The zero-order chi connectivity index (χ0) is 14.6. The maximum Gasteiger partial charge on any atom is 0.230 e. The normalized spacial score (nSPS) is 11.6. The molecule has 1 heterocycles. The maximum atomic E-state index is 11.9. The third-order valence-corrected chi connectivity index (χ3v) is 4.93. The van der Waals surface area contributed by atoms with Gasteiger partial charge in [-0.1, -0.05) is 12.1 Å². The first-order valence-electron chi connectivity index (χ1n) is 6.17. The SMILES string of the molecule is CC(C)S(=O)(=O)Cc1cccc(Nc2ncncn2)c1. The molecule has 2 rings (SSSR count). The van der Waals surface area contributed by atoms with Crippen LogP contribution in [0.2, 0.25) is 0 Å². The summed E-state index contributed by atoms with van der Waals surface area (Å²) in [5, 5.41) is 2.62. The van der Waals surface area contributed by atoms with Crippen LogP contribution >= 0.6 is 0 Å². The van der Waals surface area contributed by atoms with E-state index < -0.39 is 9.84 Å². The highest BCUT2D eigenvalue weighted by Gasteiger charge is 2.16. The van der Waals surface area contributed by atoms with Gasteiger partial charge >= 0.3 is 0 Å². The van der Waals surface area contributed by atoms with Crippen molar-refractivity contribution in [3.05, 3.63) is 42.5 Å². The van der Waals surface area contributed by atoms with Crippen molar-refractivity contribution in [2.45, 2.75) is 24.9 Å². The molecular weight excluding hydrogens is 276 g/mol. The van der Waals surface area contributed by atoms with Crippen molar-refractivity contribution in [3.8, 4) is 0 Å². The summed E-state index contributed by atoms with van der Waals surface area (Å²) < 4.78 is 23.8. The van der Waals surface area contributed by atoms with Crippen LogP contribution in [0.4, 0.5) is 11.6 Å². The van der Waals surface area contributed by atoms with E-state index in [0.29, 0.717) is 5.95 Å². The molecule has 20 heavy (non-hydrogen) atoms. The van der Waals surface area contributed by atoms with Crippen molar-refractivity contribution in [3.63, 3.8) is 0 Å². The van der Waals surface area contributed by atoms with E-state index in [4.69, 9.17) is 0 Å². The van der Waals surface area contributed by atoms with Gasteiger partial charge in [-0.15, -0.1) is 0 Å². The molecule has 0 aliphatic rings. The maximum absolute atomic E-state index is 11.9. The van der Waals surface area contributed by atoms with Crippen LogP contribution in [0.3, 0.4) is 0 Å². The third-order valence-electron chi connectivity index (χ3n) is 2.76. The molecule has 6 nitrogen and oxygen atoms in total. The largest absolute Gasteiger partial charge is 0.324 e. The Morgan fingerprint density at radius 1 is 1.20 bits per heavy atom. The average molecular weight is 292 g/mol. The number of hydrogen-bond donors (Lipinski definition) is 1. The molecule has 0 unspecified atom stereocenters. The molecule has 0 aliphatic heterocycles. The van der Waals surface area contributed by atoms with Crippen LogP contribution in [-0.2, 0) is 15.6 Å². The zero-order valence-electron chi connectivity index (χ0n) is 11.3. The first kappa shape index (κ1) is 14.4. The third kappa shape index (κ3) is 3.74. The first-order chi connectivity index (χ1) is 9.47. The number of nitrogens with zero attached hydrogens (tertiary/aromatic N) is 3. The molecule has 1 N–H and O–H groups in total. The minimum absolute atomic E-state index is 0.0252. The lowest BCUT2D eigenvalue weighted by molar-refractivity contribution is 0.586. The van der Waals surface area contributed by atoms with Crippen molar-refractivity contribution in [2.24, 2.45) is 0 Å². The molecule has 0 bridgehead atoms. The lowest BCUT2D eigenvalue weighted by Gasteiger charge is -2.09. The Kier molecular flexibility index (Phi) is 4.29. The zero-order valence-corrected chi connectivity index (χ0v) is 12.1. The van der Waals surface area contributed by atoms with E-state index in [0.717, 1.165) is 11.3 Å². The van der Waals surface area contributed by atoms with Crippen LogP contribution < -0.4 is 5.32 Å². The van der Waals surface area contributed by atoms with Crippen LogP contribution in [0.15, 0.2) is 36.9 Å². The molecule has 0 saturated heterocycles. The molecule has 0 saturated carbocycles. The van der Waals surface area contributed by atoms with Crippen molar-refractivity contribution in [1.82, 2.24) is 15.0 Å². The van der Waals surface area contributed by atoms with Crippen LogP contribution in [0.25, 0.3) is 0 Å². The van der Waals surface area contributed by atoms with Gasteiger partial charge in [0, 0.05) is 5.69 Å². The lowest BCUT2D eigenvalue weighted by atomic mass is 10.2. The van der Waals surface area contributed by atoms with Gasteiger partial charge < -0.3 is 5.32 Å². The highest BCUT2D eigenvalue weighted by Crippen LogP contribution is 2.17. The molecule has 2 aromatic rings. The van der Waals surface area contributed by atoms with Gasteiger partial charge in [-0.3, -0.25) is 0 Å². The van der Waals surface area contributed by atoms with Crippen LogP contribution in [0, 0.1) is 0 Å². The molecule has 106 valence electrons. The topological polar surface area (TPSA) is 84.8 Å². The van der Waals surface area contributed by atoms with Gasteiger partial charge in [0.15, 0.2) is 9.84 Å². The van der Waals surface area contributed by atoms with E-state index in [1.807, 2.05) is 6.07 Å². The van der Waals surface area contributed by atoms with Gasteiger partial charge in [-0.25, -0.2) is 23.4 Å². The molecule has 1 aromatic heterocycles. The second-order valence-corrected chi connectivity index (χ2v) is 7.20. The van der Waals surface area contributed by atoms with Crippen LogP contribution in [0.1, 0.15) is 19.4 Å². The summed E-state index contributed by atoms with van der Waals surface area (Å²) >= 11 is 0. The van der Waals surface area contributed by atoms with Crippen molar-refractivity contribution < 1.29 is 8.42 Å². The summed E-state index contributed by atoms with van der Waals surface area (Å²) in [5.74, 6) is 0.445. The van der Waals surface area contributed by atoms with Gasteiger partial charge in [-0.2, -0.15) is 0 Å².